The molecular weight excluding hydrogens is 540 g/mol. The Morgan fingerprint density at radius 3 is 2.72 bits per heavy atom. The minimum atomic E-state index is -0.529. The first-order chi connectivity index (χ1) is 15.4. The number of allylic oxidation sites excluding steroid dienone is 1. The van der Waals surface area contributed by atoms with Gasteiger partial charge in [-0.05, 0) is 45.3 Å². The van der Waals surface area contributed by atoms with E-state index >= 15 is 0 Å². The maximum Gasteiger partial charge on any atom is 0.329 e. The van der Waals surface area contributed by atoms with Crippen LogP contribution in [0.1, 0.15) is 11.1 Å². The summed E-state index contributed by atoms with van der Waals surface area (Å²) >= 11 is 6.94. The first-order valence-corrected chi connectivity index (χ1v) is 11.2. The summed E-state index contributed by atoms with van der Waals surface area (Å²) in [4.78, 5) is 31.4. The maximum absolute atomic E-state index is 12.6. The molecule has 0 saturated heterocycles. The molecule has 8 nitrogen and oxygen atoms in total. The Kier molecular flexibility index (Phi) is 6.52. The van der Waals surface area contributed by atoms with E-state index in [1.807, 2.05) is 60.7 Å². The summed E-state index contributed by atoms with van der Waals surface area (Å²) < 4.78 is 4.66. The molecule has 32 heavy (non-hydrogen) atoms. The van der Waals surface area contributed by atoms with Crippen molar-refractivity contribution in [2.75, 3.05) is 5.43 Å². The van der Waals surface area contributed by atoms with Crippen molar-refractivity contribution in [2.24, 2.45) is 12.1 Å². The molecule has 0 aliphatic rings. The van der Waals surface area contributed by atoms with E-state index in [0.717, 1.165) is 20.1 Å². The number of aromatic nitrogens is 4. The lowest BCUT2D eigenvalue weighted by Crippen LogP contribution is -2.29. The number of aryl methyl sites for hydroxylation is 1. The largest absolute Gasteiger partial charge is 0.329 e. The normalized spacial score (nSPS) is 12.0. The third-order valence-electron chi connectivity index (χ3n) is 4.69. The number of fused-ring (bicyclic) bond motifs is 1. The second-order valence-corrected chi connectivity index (χ2v) is 8.78. The number of benzene rings is 2. The van der Waals surface area contributed by atoms with Gasteiger partial charge in [0.15, 0.2) is 11.2 Å². The van der Waals surface area contributed by atoms with Crippen molar-refractivity contribution >= 4 is 61.3 Å². The smallest absolute Gasteiger partial charge is 0.298 e. The van der Waals surface area contributed by atoms with Crippen molar-refractivity contribution in [3.8, 4) is 0 Å². The Labute approximate surface area is 199 Å². The Morgan fingerprint density at radius 1 is 1.19 bits per heavy atom. The van der Waals surface area contributed by atoms with E-state index in [0.29, 0.717) is 12.5 Å². The van der Waals surface area contributed by atoms with E-state index in [1.165, 1.54) is 4.57 Å². The summed E-state index contributed by atoms with van der Waals surface area (Å²) in [5.41, 5.74) is 4.38. The number of nitrogens with zero attached hydrogens (tertiary/aromatic N) is 4. The van der Waals surface area contributed by atoms with E-state index in [9.17, 15) is 9.59 Å². The maximum atomic E-state index is 12.6. The third kappa shape index (κ3) is 4.81. The molecule has 4 aromatic rings. The summed E-state index contributed by atoms with van der Waals surface area (Å²) in [6.45, 7) is 0.357. The predicted molar refractivity (Wildman–Crippen MR) is 134 cm³/mol. The van der Waals surface area contributed by atoms with E-state index in [4.69, 9.17) is 0 Å². The lowest BCUT2D eigenvalue weighted by molar-refractivity contribution is 0.808. The average molecular weight is 558 g/mol. The molecule has 2 N–H and O–H groups in total. The summed E-state index contributed by atoms with van der Waals surface area (Å²) in [5, 5.41) is 4.25. The van der Waals surface area contributed by atoms with Gasteiger partial charge in [-0.3, -0.25) is 18.9 Å². The molecule has 0 fully saturated rings. The summed E-state index contributed by atoms with van der Waals surface area (Å²) in [6.07, 6.45) is 3.52. The third-order valence-corrected chi connectivity index (χ3v) is 5.62. The Hall–Kier alpha value is -3.24. The van der Waals surface area contributed by atoms with Gasteiger partial charge < -0.3 is 0 Å². The Bertz CT molecular complexity index is 1450. The molecule has 0 aliphatic heterocycles. The topological polar surface area (TPSA) is 97.1 Å². The van der Waals surface area contributed by atoms with Crippen molar-refractivity contribution in [3.05, 3.63) is 95.5 Å². The molecule has 2 heterocycles. The van der Waals surface area contributed by atoms with Gasteiger partial charge in [0.2, 0.25) is 5.95 Å². The van der Waals surface area contributed by atoms with Crippen LogP contribution in [0.4, 0.5) is 5.95 Å². The molecule has 0 saturated carbocycles. The Balaban J connectivity index is 1.72. The fourth-order valence-electron chi connectivity index (χ4n) is 3.19. The van der Waals surface area contributed by atoms with E-state index in [-0.39, 0.29) is 11.2 Å². The highest BCUT2D eigenvalue weighted by atomic mass is 79.9. The molecule has 0 bridgehead atoms. The van der Waals surface area contributed by atoms with Gasteiger partial charge in [0, 0.05) is 16.0 Å². The van der Waals surface area contributed by atoms with Crippen LogP contribution in [0.3, 0.4) is 0 Å². The van der Waals surface area contributed by atoms with Gasteiger partial charge in [0.05, 0.1) is 12.8 Å². The number of hydrogen-bond donors (Lipinski definition) is 2. The number of anilines is 1. The molecule has 0 spiro atoms. The molecule has 0 amide bonds. The van der Waals surface area contributed by atoms with Crippen LogP contribution in [0, 0.1) is 0 Å². The highest BCUT2D eigenvalue weighted by Crippen LogP contribution is 2.20. The summed E-state index contributed by atoms with van der Waals surface area (Å²) in [6, 6.07) is 17.5. The second kappa shape index (κ2) is 9.49. The zero-order chi connectivity index (χ0) is 22.7. The molecular formula is C22H18Br2N6O2. The minimum absolute atomic E-state index is 0.269. The highest BCUT2D eigenvalue weighted by Gasteiger charge is 2.17. The molecule has 2 aromatic carbocycles. The van der Waals surface area contributed by atoms with Gasteiger partial charge in [0.25, 0.3) is 5.56 Å². The summed E-state index contributed by atoms with van der Waals surface area (Å²) in [7, 11) is 1.56. The first kappa shape index (κ1) is 22.0. The highest BCUT2D eigenvalue weighted by molar-refractivity contribution is 9.12. The monoisotopic (exact) mass is 556 g/mol. The van der Waals surface area contributed by atoms with Crippen LogP contribution in [-0.2, 0) is 13.6 Å². The first-order valence-electron chi connectivity index (χ1n) is 9.57. The van der Waals surface area contributed by atoms with Crippen molar-refractivity contribution in [1.82, 2.24) is 19.1 Å². The van der Waals surface area contributed by atoms with Crippen LogP contribution < -0.4 is 16.7 Å². The molecule has 4 rings (SSSR count). The van der Waals surface area contributed by atoms with Crippen LogP contribution in [0.25, 0.3) is 17.2 Å². The van der Waals surface area contributed by atoms with Crippen molar-refractivity contribution in [2.45, 2.75) is 6.54 Å². The number of halogens is 2. The van der Waals surface area contributed by atoms with Gasteiger partial charge in [0.1, 0.15) is 0 Å². The number of nitrogens with one attached hydrogen (secondary N) is 2. The number of H-pyrrole nitrogens is 1. The molecule has 0 aliphatic carbocycles. The van der Waals surface area contributed by atoms with Crippen LogP contribution in [0.5, 0.6) is 0 Å². The van der Waals surface area contributed by atoms with E-state index < -0.39 is 11.2 Å². The van der Waals surface area contributed by atoms with Gasteiger partial charge >= 0.3 is 5.69 Å². The SMILES string of the molecule is Cn1c(=O)[nH]c(=O)c2c1nc(N/N=C/C(Br)=C/c1ccccc1)n2Cc1cccc(Br)c1. The molecule has 10 heteroatoms. The van der Waals surface area contributed by atoms with Crippen LogP contribution in [0.15, 0.2) is 78.2 Å². The van der Waals surface area contributed by atoms with Crippen LogP contribution in [0.2, 0.25) is 0 Å². The molecule has 0 radical (unpaired) electrons. The zero-order valence-electron chi connectivity index (χ0n) is 16.9. The van der Waals surface area contributed by atoms with Crippen molar-refractivity contribution < 1.29 is 0 Å². The van der Waals surface area contributed by atoms with Gasteiger partial charge in [-0.1, -0.05) is 58.4 Å². The Morgan fingerprint density at radius 2 is 1.97 bits per heavy atom. The quantitative estimate of drug-likeness (QED) is 0.276. The van der Waals surface area contributed by atoms with Crippen molar-refractivity contribution in [3.63, 3.8) is 0 Å². The van der Waals surface area contributed by atoms with Crippen LogP contribution >= 0.6 is 31.9 Å². The fourth-order valence-corrected chi connectivity index (χ4v) is 4.00. The van der Waals surface area contributed by atoms with Gasteiger partial charge in [-0.2, -0.15) is 10.1 Å². The zero-order valence-corrected chi connectivity index (χ0v) is 20.1. The molecule has 162 valence electrons. The average Bonchev–Trinajstić information content (AvgIpc) is 3.11. The second-order valence-electron chi connectivity index (χ2n) is 6.95. The standard InChI is InChI=1S/C22H18Br2N6O2/c1-29-19-18(20(31)27-22(29)32)30(13-15-8-5-9-16(23)11-15)21(26-19)28-25-12-17(24)10-14-6-3-2-4-7-14/h2-12H,13H2,1H3,(H,26,28)(H,27,31,32)/b17-10-,25-12+. The number of hydrazone groups is 1. The molecule has 0 atom stereocenters. The number of aromatic amines is 1. The van der Waals surface area contributed by atoms with Crippen LogP contribution in [-0.4, -0.2) is 25.3 Å². The van der Waals surface area contributed by atoms with Crippen molar-refractivity contribution in [1.29, 1.82) is 0 Å². The lowest BCUT2D eigenvalue weighted by atomic mass is 10.2. The van der Waals surface area contributed by atoms with Gasteiger partial charge in [-0.15, -0.1) is 0 Å². The number of imidazole rings is 1. The molecule has 2 aromatic heterocycles. The predicted octanol–water partition coefficient (Wildman–Crippen LogP) is 4.07. The van der Waals surface area contributed by atoms with E-state index in [2.05, 4.69) is 52.4 Å². The summed E-state index contributed by atoms with van der Waals surface area (Å²) in [5.74, 6) is 0.336. The minimum Gasteiger partial charge on any atom is -0.298 e. The van der Waals surface area contributed by atoms with E-state index in [1.54, 1.807) is 17.8 Å². The van der Waals surface area contributed by atoms with Gasteiger partial charge in [-0.25, -0.2) is 10.2 Å². The number of hydrogen-bond acceptors (Lipinski definition) is 5. The molecule has 0 unspecified atom stereocenters. The lowest BCUT2D eigenvalue weighted by Gasteiger charge is -2.08. The fraction of sp³-hybridized carbons (Fsp3) is 0.0909. The number of rotatable bonds is 6.